The van der Waals surface area contributed by atoms with Crippen LogP contribution in [0.4, 0.5) is 4.79 Å². The first-order chi connectivity index (χ1) is 7.17. The Labute approximate surface area is 96.8 Å². The van der Waals surface area contributed by atoms with Gasteiger partial charge in [-0.3, -0.25) is 4.79 Å². The Kier molecular flexibility index (Phi) is 5.04. The van der Waals surface area contributed by atoms with E-state index in [1.165, 1.54) is 4.90 Å². The van der Waals surface area contributed by atoms with Gasteiger partial charge in [0, 0.05) is 13.7 Å². The number of carbonyl (C=O) groups is 2. The first kappa shape index (κ1) is 12.4. The minimum absolute atomic E-state index is 0.0281. The fourth-order valence-electron chi connectivity index (χ4n) is 1.49. The van der Waals surface area contributed by atoms with Crippen LogP contribution in [0, 0.1) is 0 Å². The summed E-state index contributed by atoms with van der Waals surface area (Å²) in [5.74, 6) is -0.570. The Balaban J connectivity index is 2.41. The molecule has 1 rings (SSSR count). The molecule has 1 unspecified atom stereocenters. The maximum Gasteiger partial charge on any atom is 0.417 e. The van der Waals surface area contributed by atoms with Crippen LogP contribution in [0.25, 0.3) is 0 Å². The quantitative estimate of drug-likeness (QED) is 0.432. The highest BCUT2D eigenvalue weighted by atomic mass is 79.9. The zero-order chi connectivity index (χ0) is 11.3. The van der Waals surface area contributed by atoms with Crippen molar-refractivity contribution in [3.8, 4) is 0 Å². The number of amides is 1. The summed E-state index contributed by atoms with van der Waals surface area (Å²) in [6, 6.07) is 0. The van der Waals surface area contributed by atoms with Crippen molar-refractivity contribution in [1.82, 2.24) is 4.90 Å². The summed E-state index contributed by atoms with van der Waals surface area (Å²) in [6.45, 7) is 1.11. The van der Waals surface area contributed by atoms with Gasteiger partial charge in [0.05, 0.1) is 12.6 Å². The molecule has 0 aromatic rings. The molecule has 0 aromatic heterocycles. The Hall–Kier alpha value is -0.620. The van der Waals surface area contributed by atoms with Crippen molar-refractivity contribution in [2.24, 2.45) is 0 Å². The maximum atomic E-state index is 11.4. The van der Waals surface area contributed by atoms with Crippen molar-refractivity contribution in [2.75, 3.05) is 25.5 Å². The second kappa shape index (κ2) is 6.07. The molecule has 86 valence electrons. The predicted octanol–water partition coefficient (Wildman–Crippen LogP) is 1.16. The smallest absolute Gasteiger partial charge is 0.380 e. The Morgan fingerprint density at radius 2 is 2.27 bits per heavy atom. The molecule has 1 amide bonds. The fraction of sp³-hybridized carbons (Fsp3) is 0.778. The van der Waals surface area contributed by atoms with Gasteiger partial charge < -0.3 is 14.4 Å². The van der Waals surface area contributed by atoms with Gasteiger partial charge in [0.15, 0.2) is 0 Å². The number of esters is 1. The van der Waals surface area contributed by atoms with E-state index >= 15 is 0 Å². The van der Waals surface area contributed by atoms with Gasteiger partial charge in [-0.15, -0.1) is 0 Å². The van der Waals surface area contributed by atoms with Gasteiger partial charge in [0.2, 0.25) is 0 Å². The molecule has 5 nitrogen and oxygen atoms in total. The van der Waals surface area contributed by atoms with Gasteiger partial charge in [-0.25, -0.2) is 4.79 Å². The first-order valence-corrected chi connectivity index (χ1v) is 5.88. The lowest BCUT2D eigenvalue weighted by Gasteiger charge is -2.30. The summed E-state index contributed by atoms with van der Waals surface area (Å²) >= 11 is 2.92. The van der Waals surface area contributed by atoms with Crippen molar-refractivity contribution in [2.45, 2.75) is 18.9 Å². The van der Waals surface area contributed by atoms with Crippen molar-refractivity contribution in [1.29, 1.82) is 0 Å². The van der Waals surface area contributed by atoms with Gasteiger partial charge >= 0.3 is 12.1 Å². The topological polar surface area (TPSA) is 55.8 Å². The van der Waals surface area contributed by atoms with Crippen LogP contribution in [0.15, 0.2) is 0 Å². The van der Waals surface area contributed by atoms with Gasteiger partial charge in [-0.2, -0.15) is 0 Å². The van der Waals surface area contributed by atoms with E-state index in [1.807, 2.05) is 0 Å². The zero-order valence-electron chi connectivity index (χ0n) is 8.57. The number of ether oxygens (including phenoxy) is 2. The highest BCUT2D eigenvalue weighted by Crippen LogP contribution is 2.13. The third kappa shape index (κ3) is 3.79. The standard InChI is InChI=1S/C9H14BrNO4/c1-14-7-3-2-4-11(6-7)9(13)15-8(12)5-10/h7H,2-6H2,1H3. The molecule has 0 saturated carbocycles. The fourth-order valence-corrected chi connectivity index (χ4v) is 1.60. The number of piperidine rings is 1. The van der Waals surface area contributed by atoms with Crippen molar-refractivity contribution in [3.05, 3.63) is 0 Å². The van der Waals surface area contributed by atoms with E-state index in [0.29, 0.717) is 13.1 Å². The second-order valence-electron chi connectivity index (χ2n) is 3.32. The van der Waals surface area contributed by atoms with E-state index in [0.717, 1.165) is 12.8 Å². The number of likely N-dealkylation sites (tertiary alicyclic amines) is 1. The minimum Gasteiger partial charge on any atom is -0.380 e. The molecule has 0 bridgehead atoms. The summed E-state index contributed by atoms with van der Waals surface area (Å²) in [4.78, 5) is 23.8. The van der Waals surface area contributed by atoms with Crippen LogP contribution in [0.2, 0.25) is 0 Å². The van der Waals surface area contributed by atoms with Gasteiger partial charge in [0.1, 0.15) is 5.33 Å². The van der Waals surface area contributed by atoms with Gasteiger partial charge in [-0.05, 0) is 12.8 Å². The van der Waals surface area contributed by atoms with Gasteiger partial charge in [-0.1, -0.05) is 15.9 Å². The van der Waals surface area contributed by atoms with E-state index in [4.69, 9.17) is 4.74 Å². The number of nitrogens with zero attached hydrogens (tertiary/aromatic N) is 1. The van der Waals surface area contributed by atoms with Gasteiger partial charge in [0.25, 0.3) is 0 Å². The van der Waals surface area contributed by atoms with Crippen LogP contribution in [-0.4, -0.2) is 48.6 Å². The molecule has 1 heterocycles. The SMILES string of the molecule is COC1CCCN(C(=O)OC(=O)CBr)C1. The average molecular weight is 280 g/mol. The molecule has 0 aliphatic carbocycles. The zero-order valence-corrected chi connectivity index (χ0v) is 10.2. The van der Waals surface area contributed by atoms with E-state index in [-0.39, 0.29) is 11.4 Å². The molecule has 0 radical (unpaired) electrons. The maximum absolute atomic E-state index is 11.4. The molecule has 15 heavy (non-hydrogen) atoms. The van der Waals surface area contributed by atoms with Crippen molar-refractivity contribution >= 4 is 28.0 Å². The molecule has 0 spiro atoms. The summed E-state index contributed by atoms with van der Waals surface area (Å²) in [7, 11) is 1.61. The van der Waals surface area contributed by atoms with Crippen LogP contribution < -0.4 is 0 Å². The van der Waals surface area contributed by atoms with E-state index < -0.39 is 12.1 Å². The number of rotatable bonds is 2. The lowest BCUT2D eigenvalue weighted by Crippen LogP contribution is -2.43. The molecule has 0 aromatic carbocycles. The molecule has 1 atom stereocenters. The van der Waals surface area contributed by atoms with E-state index in [1.54, 1.807) is 7.11 Å². The number of methoxy groups -OCH3 is 1. The number of halogens is 1. The molecular weight excluding hydrogens is 266 g/mol. The number of hydrogen-bond acceptors (Lipinski definition) is 4. The second-order valence-corrected chi connectivity index (χ2v) is 3.88. The molecule has 0 N–H and O–H groups in total. The average Bonchev–Trinajstić information content (AvgIpc) is 2.28. The lowest BCUT2D eigenvalue weighted by atomic mass is 10.1. The summed E-state index contributed by atoms with van der Waals surface area (Å²) in [5.41, 5.74) is 0. The molecule has 6 heteroatoms. The third-order valence-electron chi connectivity index (χ3n) is 2.28. The molecule has 1 aliphatic heterocycles. The number of carbonyl (C=O) groups excluding carboxylic acids is 2. The van der Waals surface area contributed by atoms with Crippen molar-refractivity contribution < 1.29 is 19.1 Å². The van der Waals surface area contributed by atoms with Crippen LogP contribution in [0.1, 0.15) is 12.8 Å². The molecule has 1 fully saturated rings. The van der Waals surface area contributed by atoms with E-state index in [2.05, 4.69) is 20.7 Å². The third-order valence-corrected chi connectivity index (χ3v) is 2.74. The summed E-state index contributed by atoms with van der Waals surface area (Å²) in [5, 5.41) is 0.0281. The summed E-state index contributed by atoms with van der Waals surface area (Å²) in [6.07, 6.45) is 1.27. The van der Waals surface area contributed by atoms with Crippen LogP contribution in [0.3, 0.4) is 0 Å². The summed E-state index contributed by atoms with van der Waals surface area (Å²) < 4.78 is 9.74. The van der Waals surface area contributed by atoms with E-state index in [9.17, 15) is 9.59 Å². The Morgan fingerprint density at radius 3 is 2.87 bits per heavy atom. The first-order valence-electron chi connectivity index (χ1n) is 4.75. The highest BCUT2D eigenvalue weighted by Gasteiger charge is 2.25. The predicted molar refractivity (Wildman–Crippen MR) is 56.9 cm³/mol. The van der Waals surface area contributed by atoms with Crippen LogP contribution >= 0.6 is 15.9 Å². The number of alkyl halides is 1. The Bertz CT molecular complexity index is 246. The largest absolute Gasteiger partial charge is 0.417 e. The lowest BCUT2D eigenvalue weighted by molar-refractivity contribution is -0.135. The van der Waals surface area contributed by atoms with Crippen LogP contribution in [0.5, 0.6) is 0 Å². The Morgan fingerprint density at radius 1 is 1.53 bits per heavy atom. The minimum atomic E-state index is -0.582. The molecule has 1 saturated heterocycles. The van der Waals surface area contributed by atoms with Crippen molar-refractivity contribution in [3.63, 3.8) is 0 Å². The molecule has 1 aliphatic rings. The van der Waals surface area contributed by atoms with Crippen LogP contribution in [-0.2, 0) is 14.3 Å². The highest BCUT2D eigenvalue weighted by molar-refractivity contribution is 9.09. The number of hydrogen-bond donors (Lipinski definition) is 0. The normalized spacial score (nSPS) is 21.2. The monoisotopic (exact) mass is 279 g/mol. The molecular formula is C9H14BrNO4.